The average molecular weight is 275 g/mol. The maximum Gasteiger partial charge on any atom is 0.0701 e. The molecule has 0 aliphatic heterocycles. The Kier molecular flexibility index (Phi) is 5.28. The van der Waals surface area contributed by atoms with Gasteiger partial charge in [-0.25, -0.2) is 0 Å². The fourth-order valence-electron chi connectivity index (χ4n) is 2.11. The number of nitrogens with zero attached hydrogens (tertiary/aromatic N) is 1. The summed E-state index contributed by atoms with van der Waals surface area (Å²) < 4.78 is 0. The third kappa shape index (κ3) is 3.79. The third-order valence-corrected chi connectivity index (χ3v) is 3.23. The van der Waals surface area contributed by atoms with Crippen molar-refractivity contribution in [3.8, 4) is 22.4 Å². The lowest BCUT2D eigenvalue weighted by Crippen LogP contribution is -1.83. The first-order chi connectivity index (χ1) is 10.3. The second-order valence-electron chi connectivity index (χ2n) is 4.66. The molecule has 0 amide bonds. The van der Waals surface area contributed by atoms with Crippen LogP contribution in [-0.4, -0.2) is 4.98 Å². The van der Waals surface area contributed by atoms with E-state index in [9.17, 15) is 0 Å². The standard InChI is InChI=1S/C18H15N.C2H6/c1-14-5-7-15(8-6-14)16-9-11-17(12-10-16)18-4-2-3-13-19-18;1-2/h2-13H,1H3;1-2H3. The van der Waals surface area contributed by atoms with Crippen molar-refractivity contribution in [1.29, 1.82) is 0 Å². The zero-order valence-corrected chi connectivity index (χ0v) is 12.9. The van der Waals surface area contributed by atoms with Gasteiger partial charge < -0.3 is 0 Å². The quantitative estimate of drug-likeness (QED) is 0.580. The summed E-state index contributed by atoms with van der Waals surface area (Å²) in [4.78, 5) is 4.36. The lowest BCUT2D eigenvalue weighted by atomic mass is 10.0. The highest BCUT2D eigenvalue weighted by molar-refractivity contribution is 5.68. The molecule has 1 heteroatoms. The van der Waals surface area contributed by atoms with Crippen LogP contribution in [0.1, 0.15) is 19.4 Å². The highest BCUT2D eigenvalue weighted by Crippen LogP contribution is 2.23. The maximum absolute atomic E-state index is 4.36. The third-order valence-electron chi connectivity index (χ3n) is 3.23. The Morgan fingerprint density at radius 1 is 0.619 bits per heavy atom. The Hall–Kier alpha value is -2.41. The van der Waals surface area contributed by atoms with Crippen molar-refractivity contribution in [2.24, 2.45) is 0 Å². The molecule has 3 aromatic rings. The molecule has 0 aliphatic rings. The van der Waals surface area contributed by atoms with Gasteiger partial charge in [0.15, 0.2) is 0 Å². The number of rotatable bonds is 2. The van der Waals surface area contributed by atoms with Crippen LogP contribution in [0.2, 0.25) is 0 Å². The van der Waals surface area contributed by atoms with E-state index in [0.29, 0.717) is 0 Å². The van der Waals surface area contributed by atoms with Crippen LogP contribution in [0.25, 0.3) is 22.4 Å². The van der Waals surface area contributed by atoms with Crippen molar-refractivity contribution in [1.82, 2.24) is 4.98 Å². The van der Waals surface area contributed by atoms with Crippen molar-refractivity contribution in [2.75, 3.05) is 0 Å². The summed E-state index contributed by atoms with van der Waals surface area (Å²) in [5.41, 5.74) is 5.93. The molecular formula is C20H21N. The van der Waals surface area contributed by atoms with Crippen LogP contribution in [0.3, 0.4) is 0 Å². The first-order valence-electron chi connectivity index (χ1n) is 7.41. The van der Waals surface area contributed by atoms with Gasteiger partial charge in [-0.15, -0.1) is 0 Å². The van der Waals surface area contributed by atoms with Crippen LogP contribution in [0.15, 0.2) is 72.9 Å². The van der Waals surface area contributed by atoms with E-state index in [1.54, 1.807) is 0 Å². The van der Waals surface area contributed by atoms with Crippen LogP contribution < -0.4 is 0 Å². The van der Waals surface area contributed by atoms with Crippen molar-refractivity contribution >= 4 is 0 Å². The molecule has 0 spiro atoms. The van der Waals surface area contributed by atoms with Crippen LogP contribution in [-0.2, 0) is 0 Å². The first kappa shape index (κ1) is 15.0. The summed E-state index contributed by atoms with van der Waals surface area (Å²) in [6, 6.07) is 23.1. The molecule has 2 aromatic carbocycles. The summed E-state index contributed by atoms with van der Waals surface area (Å²) in [7, 11) is 0. The minimum absolute atomic E-state index is 1.01. The van der Waals surface area contributed by atoms with Gasteiger partial charge in [-0.3, -0.25) is 4.98 Å². The number of benzene rings is 2. The molecule has 0 saturated heterocycles. The largest absolute Gasteiger partial charge is 0.256 e. The van der Waals surface area contributed by atoms with E-state index in [-0.39, 0.29) is 0 Å². The highest BCUT2D eigenvalue weighted by atomic mass is 14.7. The van der Waals surface area contributed by atoms with Gasteiger partial charge in [0.25, 0.3) is 0 Å². The monoisotopic (exact) mass is 275 g/mol. The predicted octanol–water partition coefficient (Wildman–Crippen LogP) is 5.75. The van der Waals surface area contributed by atoms with Gasteiger partial charge in [0.1, 0.15) is 0 Å². The minimum Gasteiger partial charge on any atom is -0.256 e. The summed E-state index contributed by atoms with van der Waals surface area (Å²) in [6.07, 6.45) is 1.82. The van der Waals surface area contributed by atoms with Crippen LogP contribution in [0, 0.1) is 6.92 Å². The van der Waals surface area contributed by atoms with E-state index in [1.807, 2.05) is 38.2 Å². The summed E-state index contributed by atoms with van der Waals surface area (Å²) in [5.74, 6) is 0. The van der Waals surface area contributed by atoms with Gasteiger partial charge in [0.05, 0.1) is 5.69 Å². The molecule has 3 rings (SSSR count). The van der Waals surface area contributed by atoms with Gasteiger partial charge in [-0.05, 0) is 30.2 Å². The Balaban J connectivity index is 0.000000774. The van der Waals surface area contributed by atoms with Gasteiger partial charge in [-0.2, -0.15) is 0 Å². The van der Waals surface area contributed by atoms with Gasteiger partial charge in [-0.1, -0.05) is 74.0 Å². The fourth-order valence-corrected chi connectivity index (χ4v) is 2.11. The van der Waals surface area contributed by atoms with E-state index in [1.165, 1.54) is 16.7 Å². The molecule has 0 radical (unpaired) electrons. The Morgan fingerprint density at radius 2 is 1.14 bits per heavy atom. The molecule has 0 bridgehead atoms. The summed E-state index contributed by atoms with van der Waals surface area (Å²) in [5, 5.41) is 0. The minimum atomic E-state index is 1.01. The number of pyridine rings is 1. The number of aryl methyl sites for hydroxylation is 1. The molecule has 0 N–H and O–H groups in total. The molecule has 0 saturated carbocycles. The topological polar surface area (TPSA) is 12.9 Å². The van der Waals surface area contributed by atoms with Crippen molar-refractivity contribution in [3.05, 3.63) is 78.5 Å². The Bertz CT molecular complexity index is 652. The van der Waals surface area contributed by atoms with Gasteiger partial charge in [0.2, 0.25) is 0 Å². The zero-order chi connectivity index (χ0) is 15.1. The first-order valence-corrected chi connectivity index (χ1v) is 7.41. The van der Waals surface area contributed by atoms with E-state index in [0.717, 1.165) is 11.3 Å². The SMILES string of the molecule is CC.Cc1ccc(-c2ccc(-c3ccccn3)cc2)cc1. The second-order valence-corrected chi connectivity index (χ2v) is 4.66. The average Bonchev–Trinajstić information content (AvgIpc) is 2.58. The normalized spacial score (nSPS) is 9.67. The van der Waals surface area contributed by atoms with Crippen molar-refractivity contribution in [2.45, 2.75) is 20.8 Å². The van der Waals surface area contributed by atoms with Crippen LogP contribution in [0.5, 0.6) is 0 Å². The second kappa shape index (κ2) is 7.39. The zero-order valence-electron chi connectivity index (χ0n) is 12.9. The fraction of sp³-hybridized carbons (Fsp3) is 0.150. The van der Waals surface area contributed by atoms with Crippen LogP contribution >= 0.6 is 0 Å². The lowest BCUT2D eigenvalue weighted by Gasteiger charge is -2.04. The molecule has 0 unspecified atom stereocenters. The van der Waals surface area contributed by atoms with E-state index < -0.39 is 0 Å². The molecule has 0 fully saturated rings. The Morgan fingerprint density at radius 3 is 1.67 bits per heavy atom. The smallest absolute Gasteiger partial charge is 0.0701 e. The van der Waals surface area contributed by atoms with E-state index in [2.05, 4.69) is 60.4 Å². The number of hydrogen-bond donors (Lipinski definition) is 0. The predicted molar refractivity (Wildman–Crippen MR) is 91.2 cm³/mol. The molecule has 106 valence electrons. The number of hydrogen-bond acceptors (Lipinski definition) is 1. The molecular weight excluding hydrogens is 254 g/mol. The Labute approximate surface area is 127 Å². The molecule has 1 nitrogen and oxygen atoms in total. The summed E-state index contributed by atoms with van der Waals surface area (Å²) >= 11 is 0. The molecule has 1 aromatic heterocycles. The van der Waals surface area contributed by atoms with E-state index >= 15 is 0 Å². The van der Waals surface area contributed by atoms with Gasteiger partial charge in [0, 0.05) is 11.8 Å². The molecule has 0 aliphatic carbocycles. The van der Waals surface area contributed by atoms with Gasteiger partial charge >= 0.3 is 0 Å². The van der Waals surface area contributed by atoms with Crippen molar-refractivity contribution < 1.29 is 0 Å². The lowest BCUT2D eigenvalue weighted by molar-refractivity contribution is 1.33. The van der Waals surface area contributed by atoms with E-state index in [4.69, 9.17) is 0 Å². The molecule has 21 heavy (non-hydrogen) atoms. The number of aromatic nitrogens is 1. The molecule has 1 heterocycles. The maximum atomic E-state index is 4.36. The molecule has 0 atom stereocenters. The highest BCUT2D eigenvalue weighted by Gasteiger charge is 2.00. The van der Waals surface area contributed by atoms with Crippen LogP contribution in [0.4, 0.5) is 0 Å². The van der Waals surface area contributed by atoms with Crippen molar-refractivity contribution in [3.63, 3.8) is 0 Å². The summed E-state index contributed by atoms with van der Waals surface area (Å²) in [6.45, 7) is 6.11.